The number of methoxy groups -OCH3 is 3. The summed E-state index contributed by atoms with van der Waals surface area (Å²) in [6.45, 7) is 5.94. The van der Waals surface area contributed by atoms with Crippen molar-refractivity contribution in [3.63, 3.8) is 0 Å². The van der Waals surface area contributed by atoms with Crippen LogP contribution in [0.1, 0.15) is 56.6 Å². The van der Waals surface area contributed by atoms with E-state index in [2.05, 4.69) is 21.2 Å². The summed E-state index contributed by atoms with van der Waals surface area (Å²) >= 11 is 3.39. The number of carbonyl (C=O) groups excluding carboxylic acids is 2. The van der Waals surface area contributed by atoms with Crippen molar-refractivity contribution in [1.82, 2.24) is 5.32 Å². The van der Waals surface area contributed by atoms with Gasteiger partial charge in [-0.25, -0.2) is 4.79 Å². The number of ether oxygens (including phenoxy) is 5. The lowest BCUT2D eigenvalue weighted by atomic mass is 9.71. The highest BCUT2D eigenvalue weighted by atomic mass is 79.9. The number of phenolic OH excluding ortho intramolecular Hbond substituents is 1. The molecular weight excluding hydrogens is 594 g/mol. The van der Waals surface area contributed by atoms with Gasteiger partial charge in [0.15, 0.2) is 28.8 Å². The second-order valence-electron chi connectivity index (χ2n) is 10.2. The van der Waals surface area contributed by atoms with Crippen LogP contribution in [0.25, 0.3) is 0 Å². The largest absolute Gasteiger partial charge is 0.503 e. The van der Waals surface area contributed by atoms with Gasteiger partial charge in [-0.1, -0.05) is 6.07 Å². The number of halogens is 1. The van der Waals surface area contributed by atoms with Crippen LogP contribution in [0, 0.1) is 0 Å². The maximum absolute atomic E-state index is 13.9. The van der Waals surface area contributed by atoms with E-state index in [0.717, 1.165) is 11.3 Å². The predicted octanol–water partition coefficient (Wildman–Crippen LogP) is 5.51. The van der Waals surface area contributed by atoms with E-state index in [0.29, 0.717) is 44.8 Å². The highest BCUT2D eigenvalue weighted by Gasteiger charge is 2.42. The quantitative estimate of drug-likeness (QED) is 0.259. The lowest BCUT2D eigenvalue weighted by Gasteiger charge is -2.37. The van der Waals surface area contributed by atoms with Gasteiger partial charge in [0.05, 0.1) is 44.1 Å². The van der Waals surface area contributed by atoms with E-state index in [1.165, 1.54) is 7.11 Å². The lowest BCUT2D eigenvalue weighted by Crippen LogP contribution is -2.36. The molecule has 2 N–H and O–H groups in total. The van der Waals surface area contributed by atoms with Crippen molar-refractivity contribution in [2.24, 2.45) is 0 Å². The second kappa shape index (κ2) is 13.0. The van der Waals surface area contributed by atoms with Gasteiger partial charge < -0.3 is 34.1 Å². The minimum Gasteiger partial charge on any atom is -0.503 e. The summed E-state index contributed by atoms with van der Waals surface area (Å²) < 4.78 is 27.8. The number of hydrogen-bond acceptors (Lipinski definition) is 9. The molecule has 1 heterocycles. The van der Waals surface area contributed by atoms with Gasteiger partial charge in [-0.15, -0.1) is 0 Å². The Hall–Kier alpha value is -3.50. The maximum Gasteiger partial charge on any atom is 0.336 e. The molecule has 9 nitrogen and oxygen atoms in total. The number of aromatic hydroxyl groups is 1. The molecule has 2 atom stereocenters. The molecule has 10 heteroatoms. The van der Waals surface area contributed by atoms with E-state index >= 15 is 0 Å². The molecule has 1 aliphatic carbocycles. The molecule has 4 rings (SSSR count). The van der Waals surface area contributed by atoms with Crippen LogP contribution in [-0.4, -0.2) is 57.5 Å². The molecule has 220 valence electrons. The average molecular weight is 631 g/mol. The zero-order valence-electron chi connectivity index (χ0n) is 24.1. The Balaban J connectivity index is 1.76. The molecule has 0 saturated carbocycles. The molecule has 0 bridgehead atoms. The zero-order chi connectivity index (χ0) is 29.8. The van der Waals surface area contributed by atoms with Crippen LogP contribution in [0.2, 0.25) is 0 Å². The van der Waals surface area contributed by atoms with E-state index in [1.807, 2.05) is 32.0 Å². The Labute approximate surface area is 248 Å². The van der Waals surface area contributed by atoms with E-state index in [1.54, 1.807) is 33.3 Å². The highest BCUT2D eigenvalue weighted by molar-refractivity contribution is 9.10. The number of benzene rings is 2. The highest BCUT2D eigenvalue weighted by Crippen LogP contribution is 2.48. The Morgan fingerprint density at radius 2 is 1.68 bits per heavy atom. The van der Waals surface area contributed by atoms with Gasteiger partial charge in [0.1, 0.15) is 6.61 Å². The normalized spacial score (nSPS) is 18.7. The summed E-state index contributed by atoms with van der Waals surface area (Å²) in [5.41, 5.74) is 3.72. The second-order valence-corrected chi connectivity index (χ2v) is 11.1. The van der Waals surface area contributed by atoms with Crippen molar-refractivity contribution < 1.29 is 38.4 Å². The Morgan fingerprint density at radius 3 is 2.34 bits per heavy atom. The monoisotopic (exact) mass is 629 g/mol. The number of dihydropyridines is 1. The van der Waals surface area contributed by atoms with Gasteiger partial charge >= 0.3 is 5.97 Å². The number of nitrogens with one attached hydrogen (secondary N) is 1. The molecule has 0 aromatic heterocycles. The van der Waals surface area contributed by atoms with Crippen LogP contribution in [-0.2, 0) is 19.1 Å². The van der Waals surface area contributed by atoms with E-state index in [4.69, 9.17) is 23.7 Å². The van der Waals surface area contributed by atoms with Crippen LogP contribution >= 0.6 is 15.9 Å². The molecule has 0 amide bonds. The number of hydrogen-bond donors (Lipinski definition) is 2. The number of carbonyl (C=O) groups is 2. The molecule has 2 aliphatic rings. The standard InChI is InChI=1S/C31H36BrNO8/c1-16(2)40-9-10-41-31(36)27-17(3)33-22-12-19(18-7-8-24(37-4)25(14-18)38-5)13-23(34)29(22)28(27)20-11-21(32)30(35)26(15-20)39-6/h7-8,11,14-16,19,28,33,35H,9-10,12-13H2,1-6H3. The first kappa shape index (κ1) is 30.5. The summed E-state index contributed by atoms with van der Waals surface area (Å²) in [6.07, 6.45) is 0.796. The first-order valence-corrected chi connectivity index (χ1v) is 14.2. The summed E-state index contributed by atoms with van der Waals surface area (Å²) in [5.74, 6) is -0.114. The zero-order valence-corrected chi connectivity index (χ0v) is 25.7. The van der Waals surface area contributed by atoms with E-state index < -0.39 is 11.9 Å². The van der Waals surface area contributed by atoms with Crippen LogP contribution in [0.15, 0.2) is 57.3 Å². The molecule has 2 aromatic rings. The lowest BCUT2D eigenvalue weighted by molar-refractivity contribution is -0.141. The van der Waals surface area contributed by atoms with Crippen molar-refractivity contribution in [1.29, 1.82) is 0 Å². The fraction of sp³-hybridized carbons (Fsp3) is 0.419. The summed E-state index contributed by atoms with van der Waals surface area (Å²) in [6, 6.07) is 9.03. The third-order valence-electron chi connectivity index (χ3n) is 7.30. The third-order valence-corrected chi connectivity index (χ3v) is 7.90. The SMILES string of the molecule is COc1ccc(C2CC(=O)C3=C(C2)NC(C)=C(C(=O)OCCOC(C)C)C3c2cc(Br)c(O)c(OC)c2)cc1OC. The fourth-order valence-corrected chi connectivity index (χ4v) is 5.86. The molecule has 0 saturated heterocycles. The topological polar surface area (TPSA) is 113 Å². The number of allylic oxidation sites excluding steroid dienone is 3. The predicted molar refractivity (Wildman–Crippen MR) is 157 cm³/mol. The van der Waals surface area contributed by atoms with Gasteiger partial charge in [-0.05, 0) is 84.4 Å². The fourth-order valence-electron chi connectivity index (χ4n) is 5.40. The minimum atomic E-state index is -0.727. The Kier molecular flexibility index (Phi) is 9.65. The summed E-state index contributed by atoms with van der Waals surface area (Å²) in [5, 5.41) is 13.8. The van der Waals surface area contributed by atoms with Gasteiger partial charge in [-0.2, -0.15) is 0 Å². The number of ketones is 1. The van der Waals surface area contributed by atoms with Crippen molar-refractivity contribution in [3.05, 3.63) is 68.5 Å². The molecule has 41 heavy (non-hydrogen) atoms. The Morgan fingerprint density at radius 1 is 1.00 bits per heavy atom. The van der Waals surface area contributed by atoms with E-state index in [-0.39, 0.29) is 48.9 Å². The molecule has 0 spiro atoms. The van der Waals surface area contributed by atoms with Gasteiger partial charge in [0.2, 0.25) is 0 Å². The van der Waals surface area contributed by atoms with Crippen LogP contribution in [0.5, 0.6) is 23.0 Å². The molecular formula is C31H36BrNO8. The number of esters is 1. The van der Waals surface area contributed by atoms with E-state index in [9.17, 15) is 14.7 Å². The molecule has 2 aromatic carbocycles. The molecule has 0 fully saturated rings. The van der Waals surface area contributed by atoms with Crippen molar-refractivity contribution in [2.45, 2.75) is 51.6 Å². The molecule has 0 radical (unpaired) electrons. The Bertz CT molecular complexity index is 1400. The minimum absolute atomic E-state index is 0.00625. The smallest absolute Gasteiger partial charge is 0.336 e. The van der Waals surface area contributed by atoms with Crippen molar-refractivity contribution >= 4 is 27.7 Å². The molecule has 1 aliphatic heterocycles. The number of phenols is 1. The third kappa shape index (κ3) is 6.38. The first-order chi connectivity index (χ1) is 19.6. The first-order valence-electron chi connectivity index (χ1n) is 13.4. The average Bonchev–Trinajstić information content (AvgIpc) is 2.95. The maximum atomic E-state index is 13.9. The van der Waals surface area contributed by atoms with Crippen molar-refractivity contribution in [2.75, 3.05) is 34.5 Å². The summed E-state index contributed by atoms with van der Waals surface area (Å²) in [4.78, 5) is 27.5. The van der Waals surface area contributed by atoms with Gasteiger partial charge in [-0.3, -0.25) is 4.79 Å². The van der Waals surface area contributed by atoms with Crippen LogP contribution in [0.4, 0.5) is 0 Å². The molecule has 2 unspecified atom stereocenters. The number of rotatable bonds is 10. The van der Waals surface area contributed by atoms with Crippen molar-refractivity contribution in [3.8, 4) is 23.0 Å². The number of Topliss-reactive ketones (excluding diaryl/α,β-unsaturated/α-hetero) is 1. The van der Waals surface area contributed by atoms with Gasteiger partial charge in [0.25, 0.3) is 0 Å². The van der Waals surface area contributed by atoms with Crippen LogP contribution < -0.4 is 19.5 Å². The van der Waals surface area contributed by atoms with Crippen LogP contribution in [0.3, 0.4) is 0 Å². The summed E-state index contributed by atoms with van der Waals surface area (Å²) in [7, 11) is 4.61. The van der Waals surface area contributed by atoms with Gasteiger partial charge in [0, 0.05) is 29.3 Å².